The quantitative estimate of drug-likeness (QED) is 0.551. The third-order valence-electron chi connectivity index (χ3n) is 3.20. The van der Waals surface area contributed by atoms with Crippen LogP contribution in [-0.2, 0) is 13.5 Å². The van der Waals surface area contributed by atoms with Crippen molar-refractivity contribution in [3.8, 4) is 0 Å². The fraction of sp³-hybridized carbons (Fsp3) is 0.250. The fourth-order valence-electron chi connectivity index (χ4n) is 2.13. The van der Waals surface area contributed by atoms with Crippen LogP contribution >= 0.6 is 11.5 Å². The van der Waals surface area contributed by atoms with Crippen molar-refractivity contribution in [1.29, 1.82) is 0 Å². The van der Waals surface area contributed by atoms with Crippen molar-refractivity contribution in [3.63, 3.8) is 0 Å². The van der Waals surface area contributed by atoms with Crippen molar-refractivity contribution in [2.24, 2.45) is 12.9 Å². The maximum absolute atomic E-state index is 5.61. The summed E-state index contributed by atoms with van der Waals surface area (Å²) in [6.45, 7) is 0. The number of rotatable bonds is 4. The topological polar surface area (TPSA) is 81.7 Å². The molecule has 1 unspecified atom stereocenters. The van der Waals surface area contributed by atoms with E-state index in [1.165, 1.54) is 11.5 Å². The lowest BCUT2D eigenvalue weighted by Crippen LogP contribution is -2.30. The fourth-order valence-corrected chi connectivity index (χ4v) is 2.64. The van der Waals surface area contributed by atoms with E-state index in [1.807, 2.05) is 30.6 Å². The average Bonchev–Trinajstić information content (AvgIpc) is 3.06. The Morgan fingerprint density at radius 1 is 1.42 bits per heavy atom. The molecule has 0 saturated heterocycles. The van der Waals surface area contributed by atoms with Crippen molar-refractivity contribution in [2.75, 3.05) is 0 Å². The number of nitrogens with two attached hydrogens (primary N) is 1. The van der Waals surface area contributed by atoms with Gasteiger partial charge in [0.15, 0.2) is 0 Å². The van der Waals surface area contributed by atoms with Crippen molar-refractivity contribution < 1.29 is 0 Å². The Bertz CT molecular complexity index is 675. The minimum Gasteiger partial charge on any atom is -0.331 e. The number of nitrogens with zero attached hydrogens (tertiary/aromatic N) is 4. The molecule has 0 spiro atoms. The number of nitrogens with one attached hydrogen (secondary N) is 1. The number of aromatic nitrogens is 4. The number of aryl methyl sites for hydroxylation is 1. The van der Waals surface area contributed by atoms with Crippen molar-refractivity contribution in [2.45, 2.75) is 12.5 Å². The highest BCUT2D eigenvalue weighted by Gasteiger charge is 2.17. The zero-order valence-corrected chi connectivity index (χ0v) is 11.3. The summed E-state index contributed by atoms with van der Waals surface area (Å²) in [5, 5.41) is 5.95. The highest BCUT2D eigenvalue weighted by molar-refractivity contribution is 7.03. The first kappa shape index (κ1) is 12.2. The lowest BCUT2D eigenvalue weighted by atomic mass is 10.1. The summed E-state index contributed by atoms with van der Waals surface area (Å²) >= 11 is 1.32. The molecule has 0 radical (unpaired) electrons. The molecule has 0 amide bonds. The lowest BCUT2D eigenvalue weighted by molar-refractivity contribution is 0.519. The van der Waals surface area contributed by atoms with Gasteiger partial charge < -0.3 is 4.57 Å². The maximum Gasteiger partial charge on any atom is 0.111 e. The third-order valence-corrected chi connectivity index (χ3v) is 3.72. The van der Waals surface area contributed by atoms with E-state index in [2.05, 4.69) is 30.6 Å². The Labute approximate surface area is 114 Å². The van der Waals surface area contributed by atoms with E-state index in [1.54, 1.807) is 0 Å². The number of benzene rings is 1. The van der Waals surface area contributed by atoms with Gasteiger partial charge in [0.1, 0.15) is 5.82 Å². The van der Waals surface area contributed by atoms with Crippen LogP contribution < -0.4 is 11.3 Å². The van der Waals surface area contributed by atoms with Crippen molar-refractivity contribution >= 4 is 22.6 Å². The summed E-state index contributed by atoms with van der Waals surface area (Å²) < 4.78 is 5.95. The second-order valence-corrected chi connectivity index (χ2v) is 4.94. The van der Waals surface area contributed by atoms with Crippen molar-refractivity contribution in [1.82, 2.24) is 24.6 Å². The van der Waals surface area contributed by atoms with E-state index >= 15 is 0 Å². The van der Waals surface area contributed by atoms with Crippen LogP contribution in [0, 0.1) is 0 Å². The summed E-state index contributed by atoms with van der Waals surface area (Å²) in [6, 6.07) is 7.99. The first-order chi connectivity index (χ1) is 9.29. The van der Waals surface area contributed by atoms with E-state index in [0.29, 0.717) is 6.42 Å². The van der Waals surface area contributed by atoms with Gasteiger partial charge in [0.25, 0.3) is 0 Å². The summed E-state index contributed by atoms with van der Waals surface area (Å²) in [5.41, 5.74) is 5.73. The molecule has 0 aliphatic heterocycles. The molecule has 0 aliphatic rings. The highest BCUT2D eigenvalue weighted by atomic mass is 32.1. The summed E-state index contributed by atoms with van der Waals surface area (Å²) in [7, 11) is 2.01. The number of hydrazine groups is 1. The highest BCUT2D eigenvalue weighted by Crippen LogP contribution is 2.20. The zero-order valence-electron chi connectivity index (χ0n) is 10.4. The van der Waals surface area contributed by atoms with Crippen LogP contribution in [0.1, 0.15) is 17.6 Å². The molecule has 2 heterocycles. The summed E-state index contributed by atoms with van der Waals surface area (Å²) in [6.07, 6.45) is 0.674. The minimum absolute atomic E-state index is 0.0748. The first-order valence-corrected chi connectivity index (χ1v) is 6.76. The van der Waals surface area contributed by atoms with Crippen LogP contribution in [0.3, 0.4) is 0 Å². The first-order valence-electron chi connectivity index (χ1n) is 5.93. The van der Waals surface area contributed by atoms with E-state index in [4.69, 9.17) is 5.84 Å². The SMILES string of the molecule is Cn1c(CC(NN)c2csnn2)nc2ccccc21. The van der Waals surface area contributed by atoms with Crippen LogP contribution in [0.4, 0.5) is 0 Å². The van der Waals surface area contributed by atoms with Crippen LogP contribution in [-0.4, -0.2) is 19.1 Å². The van der Waals surface area contributed by atoms with Gasteiger partial charge in [0.2, 0.25) is 0 Å². The molecule has 0 saturated carbocycles. The molecule has 3 rings (SSSR count). The van der Waals surface area contributed by atoms with E-state index in [9.17, 15) is 0 Å². The van der Waals surface area contributed by atoms with Crippen LogP contribution in [0.25, 0.3) is 11.0 Å². The maximum atomic E-state index is 5.61. The van der Waals surface area contributed by atoms with Gasteiger partial charge in [-0.1, -0.05) is 16.6 Å². The molecule has 0 fully saturated rings. The smallest absolute Gasteiger partial charge is 0.111 e. The van der Waals surface area contributed by atoms with Gasteiger partial charge in [-0.25, -0.2) is 4.98 Å². The molecule has 1 aromatic carbocycles. The number of para-hydroxylation sites is 2. The Kier molecular flexibility index (Phi) is 3.24. The number of imidazole rings is 1. The standard InChI is InChI=1S/C12H14N6S/c1-18-11-5-3-2-4-8(11)14-12(18)6-9(15-13)10-7-19-17-16-10/h2-5,7,9,15H,6,13H2,1H3. The van der Waals surface area contributed by atoms with Gasteiger partial charge in [-0.15, -0.1) is 5.10 Å². The summed E-state index contributed by atoms with van der Waals surface area (Å²) in [5.74, 6) is 6.58. The van der Waals surface area contributed by atoms with Gasteiger partial charge in [-0.3, -0.25) is 11.3 Å². The molecule has 7 heteroatoms. The second-order valence-electron chi connectivity index (χ2n) is 4.33. The Hall–Kier alpha value is -1.83. The molecule has 3 N–H and O–H groups in total. The largest absolute Gasteiger partial charge is 0.331 e. The molecule has 1 atom stereocenters. The Balaban J connectivity index is 1.94. The predicted molar refractivity (Wildman–Crippen MR) is 74.4 cm³/mol. The molecular weight excluding hydrogens is 260 g/mol. The Morgan fingerprint density at radius 2 is 2.26 bits per heavy atom. The second kappa shape index (κ2) is 5.04. The molecule has 19 heavy (non-hydrogen) atoms. The third kappa shape index (κ3) is 2.23. The van der Waals surface area contributed by atoms with Crippen LogP contribution in [0.15, 0.2) is 29.6 Å². The number of hydrogen-bond donors (Lipinski definition) is 2. The normalized spacial score (nSPS) is 12.9. The van der Waals surface area contributed by atoms with Gasteiger partial charge in [0, 0.05) is 18.8 Å². The predicted octanol–water partition coefficient (Wildman–Crippen LogP) is 1.17. The van der Waals surface area contributed by atoms with Crippen molar-refractivity contribution in [3.05, 3.63) is 41.2 Å². The molecule has 0 aliphatic carbocycles. The minimum atomic E-state index is -0.0748. The Morgan fingerprint density at radius 3 is 2.95 bits per heavy atom. The molecule has 0 bridgehead atoms. The molecule has 2 aromatic heterocycles. The molecule has 98 valence electrons. The van der Waals surface area contributed by atoms with E-state index < -0.39 is 0 Å². The van der Waals surface area contributed by atoms with Crippen LogP contribution in [0.5, 0.6) is 0 Å². The van der Waals surface area contributed by atoms with Gasteiger partial charge >= 0.3 is 0 Å². The van der Waals surface area contributed by atoms with Crippen LogP contribution in [0.2, 0.25) is 0 Å². The number of fused-ring (bicyclic) bond motifs is 1. The molecule has 6 nitrogen and oxygen atoms in total. The van der Waals surface area contributed by atoms with Gasteiger partial charge in [-0.2, -0.15) is 0 Å². The van der Waals surface area contributed by atoms with E-state index in [0.717, 1.165) is 22.6 Å². The molecule has 3 aromatic rings. The lowest BCUT2D eigenvalue weighted by Gasteiger charge is -2.12. The average molecular weight is 274 g/mol. The van der Waals surface area contributed by atoms with Gasteiger partial charge in [0.05, 0.1) is 22.8 Å². The molecular formula is C12H14N6S. The zero-order chi connectivity index (χ0) is 13.2. The number of hydrogen-bond acceptors (Lipinski definition) is 6. The monoisotopic (exact) mass is 274 g/mol. The van der Waals surface area contributed by atoms with Gasteiger partial charge in [-0.05, 0) is 23.7 Å². The summed E-state index contributed by atoms with van der Waals surface area (Å²) in [4.78, 5) is 4.63. The van der Waals surface area contributed by atoms with E-state index in [-0.39, 0.29) is 6.04 Å².